The van der Waals surface area contributed by atoms with Gasteiger partial charge in [-0.25, -0.2) is 0 Å². The lowest BCUT2D eigenvalue weighted by Gasteiger charge is -2.27. The van der Waals surface area contributed by atoms with Crippen LogP contribution < -0.4 is 4.90 Å². The second-order valence-corrected chi connectivity index (χ2v) is 14.4. The predicted octanol–water partition coefficient (Wildman–Crippen LogP) is 12.1. The van der Waals surface area contributed by atoms with Gasteiger partial charge >= 0.3 is 0 Å². The van der Waals surface area contributed by atoms with Gasteiger partial charge in [0.25, 0.3) is 0 Å². The van der Waals surface area contributed by atoms with Gasteiger partial charge in [0.05, 0.1) is 5.41 Å². The molecule has 2 aliphatic heterocycles. The smallest absolute Gasteiger partial charge is 0.210 e. The molecule has 0 saturated heterocycles. The van der Waals surface area contributed by atoms with Gasteiger partial charge in [-0.05, 0) is 72.0 Å². The van der Waals surface area contributed by atoms with Crippen LogP contribution >= 0.6 is 0 Å². The van der Waals surface area contributed by atoms with E-state index < -0.39 is 0 Å². The molecule has 2 nitrogen and oxygen atoms in total. The van der Waals surface area contributed by atoms with E-state index >= 15 is 0 Å². The highest BCUT2D eigenvalue weighted by Crippen LogP contribution is 2.51. The fraction of sp³-hybridized carbons (Fsp3) is 0.356. The first-order chi connectivity index (χ1) is 22.8. The minimum Gasteiger partial charge on any atom is -0.344 e. The number of fused-ring (bicyclic) bond motifs is 6. The van der Waals surface area contributed by atoms with Gasteiger partial charge in [0.15, 0.2) is 5.71 Å². The number of unbranched alkanes of at least 4 members (excludes halogenated alkanes) is 4. The molecule has 0 aliphatic carbocycles. The average Bonchev–Trinajstić information content (AvgIpc) is 3.43. The van der Waals surface area contributed by atoms with Gasteiger partial charge in [-0.1, -0.05) is 132 Å². The summed E-state index contributed by atoms with van der Waals surface area (Å²) in [4.78, 5) is 2.56. The van der Waals surface area contributed by atoms with Crippen LogP contribution in [0.15, 0.2) is 121 Å². The van der Waals surface area contributed by atoms with Crippen LogP contribution in [0.1, 0.15) is 91.2 Å². The zero-order chi connectivity index (χ0) is 33.0. The summed E-state index contributed by atoms with van der Waals surface area (Å²) in [6.45, 7) is 16.2. The van der Waals surface area contributed by atoms with Crippen LogP contribution in [-0.2, 0) is 10.8 Å². The van der Waals surface area contributed by atoms with Gasteiger partial charge in [0.1, 0.15) is 6.54 Å². The summed E-state index contributed by atoms with van der Waals surface area (Å²) in [6.07, 6.45) is 23.1. The van der Waals surface area contributed by atoms with Gasteiger partial charge in [-0.15, -0.1) is 0 Å². The minimum atomic E-state index is -0.0687. The largest absolute Gasteiger partial charge is 0.344 e. The molecule has 0 aromatic heterocycles. The van der Waals surface area contributed by atoms with Crippen molar-refractivity contribution >= 4 is 38.6 Å². The summed E-state index contributed by atoms with van der Waals surface area (Å²) in [5.41, 5.74) is 8.29. The quantitative estimate of drug-likeness (QED) is 0.0866. The highest BCUT2D eigenvalue weighted by molar-refractivity contribution is 6.07. The summed E-state index contributed by atoms with van der Waals surface area (Å²) < 4.78 is 2.59. The zero-order valence-electron chi connectivity index (χ0n) is 29.5. The third kappa shape index (κ3) is 6.16. The van der Waals surface area contributed by atoms with Crippen molar-refractivity contribution in [3.05, 3.63) is 132 Å². The monoisotopic (exact) mass is 621 g/mol. The van der Waals surface area contributed by atoms with Crippen molar-refractivity contribution in [2.75, 3.05) is 18.0 Å². The SMILES string of the molecule is CCCCCC[N+]1=C(/C=C/C=C/C=C/C=C2\N(CCCC)c3ccc4ccccc4c3C2(C)C)C(C)(C)c2c1ccc1ccccc21. The molecule has 2 heterocycles. The number of allylic oxidation sites excluding steroid dienone is 8. The lowest BCUT2D eigenvalue weighted by molar-refractivity contribution is -0.438. The van der Waals surface area contributed by atoms with Crippen molar-refractivity contribution in [3.63, 3.8) is 0 Å². The molecule has 0 radical (unpaired) electrons. The van der Waals surface area contributed by atoms with Crippen molar-refractivity contribution in [3.8, 4) is 0 Å². The summed E-state index contributed by atoms with van der Waals surface area (Å²) >= 11 is 0. The Labute approximate surface area is 283 Å². The maximum absolute atomic E-state index is 2.59. The van der Waals surface area contributed by atoms with E-state index in [2.05, 4.69) is 166 Å². The Hall–Kier alpha value is -4.17. The maximum Gasteiger partial charge on any atom is 0.210 e. The Bertz CT molecular complexity index is 1910. The number of hydrogen-bond acceptors (Lipinski definition) is 1. The summed E-state index contributed by atoms with van der Waals surface area (Å²) in [7, 11) is 0. The van der Waals surface area contributed by atoms with Crippen LogP contribution in [0.5, 0.6) is 0 Å². The van der Waals surface area contributed by atoms with E-state index in [0.717, 1.165) is 13.1 Å². The number of anilines is 1. The van der Waals surface area contributed by atoms with E-state index in [1.54, 1.807) is 0 Å². The molecule has 0 amide bonds. The molecular formula is C45H53N2+. The van der Waals surface area contributed by atoms with E-state index in [1.165, 1.54) is 94.0 Å². The molecule has 2 heteroatoms. The second-order valence-electron chi connectivity index (χ2n) is 14.4. The maximum atomic E-state index is 2.59. The molecule has 0 fully saturated rings. The van der Waals surface area contributed by atoms with Crippen LogP contribution in [-0.4, -0.2) is 23.4 Å². The summed E-state index contributed by atoms with van der Waals surface area (Å²) in [6, 6.07) is 27.0. The Morgan fingerprint density at radius 2 is 1.26 bits per heavy atom. The lowest BCUT2D eigenvalue weighted by Crippen LogP contribution is -2.28. The minimum absolute atomic E-state index is 0.0671. The van der Waals surface area contributed by atoms with Gasteiger partial charge in [0, 0.05) is 47.5 Å². The van der Waals surface area contributed by atoms with Crippen molar-refractivity contribution < 1.29 is 4.58 Å². The molecule has 0 N–H and O–H groups in total. The normalized spacial score (nSPS) is 17.8. The highest BCUT2D eigenvalue weighted by Gasteiger charge is 2.45. The molecule has 242 valence electrons. The van der Waals surface area contributed by atoms with Gasteiger partial charge in [-0.2, -0.15) is 4.58 Å². The first kappa shape index (κ1) is 32.8. The molecule has 4 aromatic carbocycles. The molecular weight excluding hydrogens is 569 g/mol. The molecule has 0 atom stereocenters. The fourth-order valence-electron chi connectivity index (χ4n) is 8.05. The van der Waals surface area contributed by atoms with Crippen molar-refractivity contribution in [1.29, 1.82) is 0 Å². The highest BCUT2D eigenvalue weighted by atomic mass is 15.2. The summed E-state index contributed by atoms with van der Waals surface area (Å²) in [5, 5.41) is 5.39. The van der Waals surface area contributed by atoms with E-state index in [9.17, 15) is 0 Å². The van der Waals surface area contributed by atoms with Crippen molar-refractivity contribution in [1.82, 2.24) is 0 Å². The van der Waals surface area contributed by atoms with Crippen LogP contribution in [0.3, 0.4) is 0 Å². The van der Waals surface area contributed by atoms with Crippen LogP contribution in [0.25, 0.3) is 21.5 Å². The lowest BCUT2D eigenvalue weighted by atomic mass is 9.79. The Morgan fingerprint density at radius 3 is 1.98 bits per heavy atom. The fourth-order valence-corrected chi connectivity index (χ4v) is 8.05. The standard InChI is InChI=1S/C45H53N2/c1-7-9-11-21-33-47-39-31-29-35-23-18-20-25-37(35)43(39)45(5,6)41(47)27-16-14-12-13-15-26-40-44(3,4)42-36-24-19-17-22-34(36)28-30-38(42)46(40)32-10-8-2/h12-20,22-31H,7-11,21,32-33H2,1-6H3/q+1. The van der Waals surface area contributed by atoms with E-state index in [0.29, 0.717) is 0 Å². The number of hydrogen-bond donors (Lipinski definition) is 0. The van der Waals surface area contributed by atoms with E-state index in [4.69, 9.17) is 0 Å². The molecule has 2 aliphatic rings. The topological polar surface area (TPSA) is 6.25 Å². The molecule has 0 unspecified atom stereocenters. The van der Waals surface area contributed by atoms with Crippen molar-refractivity contribution in [2.24, 2.45) is 0 Å². The first-order valence-electron chi connectivity index (χ1n) is 18.0. The Morgan fingerprint density at radius 1 is 0.617 bits per heavy atom. The average molecular weight is 622 g/mol. The summed E-state index contributed by atoms with van der Waals surface area (Å²) in [5.74, 6) is 0. The molecule has 47 heavy (non-hydrogen) atoms. The van der Waals surface area contributed by atoms with E-state index in [-0.39, 0.29) is 10.8 Å². The number of benzene rings is 4. The van der Waals surface area contributed by atoms with Crippen molar-refractivity contribution in [2.45, 2.75) is 90.9 Å². The molecule has 6 rings (SSSR count). The van der Waals surface area contributed by atoms with Gasteiger partial charge < -0.3 is 4.90 Å². The first-order valence-corrected chi connectivity index (χ1v) is 18.0. The van der Waals surface area contributed by atoms with Crippen LogP contribution in [0, 0.1) is 0 Å². The third-order valence-electron chi connectivity index (χ3n) is 10.4. The number of rotatable bonds is 12. The molecule has 0 saturated carbocycles. The second kappa shape index (κ2) is 13.9. The Kier molecular flexibility index (Phi) is 9.69. The Balaban J connectivity index is 1.26. The number of nitrogens with zero attached hydrogens (tertiary/aromatic N) is 2. The molecule has 0 bridgehead atoms. The molecule has 4 aromatic rings. The zero-order valence-corrected chi connectivity index (χ0v) is 29.5. The van der Waals surface area contributed by atoms with Crippen LogP contribution in [0.4, 0.5) is 11.4 Å². The molecule has 0 spiro atoms. The predicted molar refractivity (Wildman–Crippen MR) is 206 cm³/mol. The van der Waals surface area contributed by atoms with E-state index in [1.807, 2.05) is 0 Å². The third-order valence-corrected chi connectivity index (χ3v) is 10.4. The van der Waals surface area contributed by atoms with Gasteiger partial charge in [-0.3, -0.25) is 0 Å². The van der Waals surface area contributed by atoms with Gasteiger partial charge in [0.2, 0.25) is 5.69 Å². The van der Waals surface area contributed by atoms with Crippen LogP contribution in [0.2, 0.25) is 0 Å².